The lowest BCUT2D eigenvalue weighted by Crippen LogP contribution is -2.53. The van der Waals surface area contributed by atoms with Crippen LogP contribution in [0.15, 0.2) is 84.9 Å². The molecule has 264 valence electrons. The second-order valence-electron chi connectivity index (χ2n) is 12.1. The minimum Gasteiger partial charge on any atom is -0.382 e. The van der Waals surface area contributed by atoms with Crippen LogP contribution in [0.2, 0.25) is 0 Å². The second-order valence-corrected chi connectivity index (χ2v) is 12.1. The fourth-order valence-electron chi connectivity index (χ4n) is 6.18. The van der Waals surface area contributed by atoms with Crippen molar-refractivity contribution in [3.8, 4) is 6.07 Å². The number of urea groups is 1. The van der Waals surface area contributed by atoms with Gasteiger partial charge in [-0.3, -0.25) is 0 Å². The smallest absolute Gasteiger partial charge is 0.321 e. The number of carbonyl (C=O) groups is 1. The Kier molecular flexibility index (Phi) is 16.5. The lowest BCUT2D eigenvalue weighted by Gasteiger charge is -2.38. The zero-order chi connectivity index (χ0) is 34.7. The van der Waals surface area contributed by atoms with E-state index in [9.17, 15) is 5.26 Å². The molecule has 1 fully saturated rings. The van der Waals surface area contributed by atoms with Gasteiger partial charge in [0.05, 0.1) is 50.1 Å². The van der Waals surface area contributed by atoms with Gasteiger partial charge in [-0.25, -0.2) is 4.79 Å². The van der Waals surface area contributed by atoms with Gasteiger partial charge in [0.25, 0.3) is 0 Å². The molecule has 0 bridgehead atoms. The number of nitriles is 1. The molecule has 1 heterocycles. The summed E-state index contributed by atoms with van der Waals surface area (Å²) in [6, 6.07) is 29.0. The van der Waals surface area contributed by atoms with Gasteiger partial charge in [-0.05, 0) is 48.1 Å². The van der Waals surface area contributed by atoms with Gasteiger partial charge in [-0.15, -0.1) is 0 Å². The molecule has 0 N–H and O–H groups in total. The average Bonchev–Trinajstić information content (AvgIpc) is 3.20. The van der Waals surface area contributed by atoms with Crippen molar-refractivity contribution in [3.63, 3.8) is 0 Å². The molecular formula is C39H51N3O7. The van der Waals surface area contributed by atoms with Gasteiger partial charge in [0.1, 0.15) is 25.8 Å². The summed E-state index contributed by atoms with van der Waals surface area (Å²) in [6.45, 7) is 4.53. The van der Waals surface area contributed by atoms with E-state index in [1.807, 2.05) is 64.4 Å². The predicted molar refractivity (Wildman–Crippen MR) is 187 cm³/mol. The van der Waals surface area contributed by atoms with Gasteiger partial charge in [-0.2, -0.15) is 5.26 Å². The normalized spacial score (nSPS) is 19.5. The molecule has 0 aliphatic carbocycles. The molecule has 1 aliphatic heterocycles. The Morgan fingerprint density at radius 2 is 1.22 bits per heavy atom. The molecule has 0 saturated carbocycles. The lowest BCUT2D eigenvalue weighted by atomic mass is 9.90. The minimum atomic E-state index is -0.614. The summed E-state index contributed by atoms with van der Waals surface area (Å²) in [6.07, 6.45) is 1.60. The van der Waals surface area contributed by atoms with Crippen LogP contribution in [-0.2, 0) is 47.8 Å². The van der Waals surface area contributed by atoms with Crippen LogP contribution in [0, 0.1) is 11.3 Å². The highest BCUT2D eigenvalue weighted by Gasteiger charge is 2.48. The number of ether oxygens (including phenoxy) is 6. The third kappa shape index (κ3) is 11.6. The molecule has 0 aromatic heterocycles. The maximum Gasteiger partial charge on any atom is 0.321 e. The van der Waals surface area contributed by atoms with Crippen molar-refractivity contribution in [3.05, 3.63) is 107 Å². The van der Waals surface area contributed by atoms with Gasteiger partial charge in [0.15, 0.2) is 0 Å². The molecule has 1 saturated heterocycles. The quantitative estimate of drug-likeness (QED) is 0.103. The topological polar surface area (TPSA) is 103 Å². The molecule has 4 rings (SSSR count). The summed E-state index contributed by atoms with van der Waals surface area (Å²) in [7, 11) is 3.26. The standard InChI is InChI=1S/C39H51N3O7/c1-4-5-19-41-35(25-31-13-8-6-9-14-31)37(48-29-46-22-20-44-2)38(49-30-47-23-21-45-3)36(26-32-15-10-7-11-16-32)42(39(41)43)28-34-18-12-17-33(24-34)27-40/h6-18,24,35-38H,4-5,19-23,25-26,28-30H2,1-3H3/t35-,36-,37+,38+/m1/s1. The molecular weight excluding hydrogens is 622 g/mol. The molecule has 10 heteroatoms. The molecule has 0 spiro atoms. The van der Waals surface area contributed by atoms with Crippen LogP contribution in [0.3, 0.4) is 0 Å². The van der Waals surface area contributed by atoms with Crippen molar-refractivity contribution in [1.82, 2.24) is 9.80 Å². The lowest BCUT2D eigenvalue weighted by molar-refractivity contribution is -0.191. The summed E-state index contributed by atoms with van der Waals surface area (Å²) >= 11 is 0. The molecule has 3 aromatic rings. The fraction of sp³-hybridized carbons (Fsp3) is 0.487. The molecule has 0 unspecified atom stereocenters. The molecule has 2 amide bonds. The van der Waals surface area contributed by atoms with Crippen molar-refractivity contribution in [2.45, 2.75) is 63.4 Å². The number of hydrogen-bond donors (Lipinski definition) is 0. The maximum atomic E-state index is 15.1. The summed E-state index contributed by atoms with van der Waals surface area (Å²) in [4.78, 5) is 19.0. The monoisotopic (exact) mass is 673 g/mol. The third-order valence-electron chi connectivity index (χ3n) is 8.66. The maximum absolute atomic E-state index is 15.1. The van der Waals surface area contributed by atoms with Crippen molar-refractivity contribution in [1.29, 1.82) is 5.26 Å². The number of rotatable bonds is 21. The van der Waals surface area contributed by atoms with E-state index in [-0.39, 0.29) is 32.2 Å². The Hall–Kier alpha value is -3.82. The summed E-state index contributed by atoms with van der Waals surface area (Å²) in [5.74, 6) is 0. The third-order valence-corrected chi connectivity index (χ3v) is 8.66. The molecule has 3 aromatic carbocycles. The van der Waals surface area contributed by atoms with Gasteiger partial charge < -0.3 is 38.2 Å². The van der Waals surface area contributed by atoms with Crippen molar-refractivity contribution >= 4 is 6.03 Å². The van der Waals surface area contributed by atoms with Crippen LogP contribution in [0.25, 0.3) is 0 Å². The highest BCUT2D eigenvalue weighted by Crippen LogP contribution is 2.32. The van der Waals surface area contributed by atoms with Crippen molar-refractivity contribution in [2.24, 2.45) is 0 Å². The summed E-state index contributed by atoms with van der Waals surface area (Å²) in [5.41, 5.74) is 3.54. The number of methoxy groups -OCH3 is 2. The van der Waals surface area contributed by atoms with E-state index in [2.05, 4.69) is 37.3 Å². The van der Waals surface area contributed by atoms with E-state index in [0.717, 1.165) is 29.5 Å². The van der Waals surface area contributed by atoms with Crippen LogP contribution in [-0.4, -0.2) is 101 Å². The first-order chi connectivity index (χ1) is 24.1. The Balaban J connectivity index is 1.85. The Bertz CT molecular complexity index is 1400. The minimum absolute atomic E-state index is 0.00177. The predicted octanol–water partition coefficient (Wildman–Crippen LogP) is 5.83. The van der Waals surface area contributed by atoms with E-state index in [4.69, 9.17) is 28.4 Å². The first-order valence-corrected chi connectivity index (χ1v) is 17.1. The number of hydrogen-bond acceptors (Lipinski definition) is 8. The van der Waals surface area contributed by atoms with E-state index < -0.39 is 18.2 Å². The van der Waals surface area contributed by atoms with Crippen LogP contribution < -0.4 is 0 Å². The SMILES string of the molecule is CCCCN1C(=O)N(Cc2cccc(C#N)c2)[C@H](Cc2ccccc2)[C@H](OCOCCOC)[C@@H](OCOCCOC)[C@H]1Cc1ccccc1. The summed E-state index contributed by atoms with van der Waals surface area (Å²) < 4.78 is 35.5. The van der Waals surface area contributed by atoms with E-state index in [1.54, 1.807) is 20.3 Å². The van der Waals surface area contributed by atoms with E-state index >= 15 is 4.79 Å². The highest BCUT2D eigenvalue weighted by atomic mass is 16.7. The van der Waals surface area contributed by atoms with Gasteiger partial charge in [0, 0.05) is 27.3 Å². The number of benzene rings is 3. The molecule has 4 atom stereocenters. The second kappa shape index (κ2) is 21.3. The average molecular weight is 674 g/mol. The van der Waals surface area contributed by atoms with Gasteiger partial charge in [-0.1, -0.05) is 86.1 Å². The number of nitrogens with zero attached hydrogens (tertiary/aromatic N) is 3. The van der Waals surface area contributed by atoms with Crippen LogP contribution in [0.1, 0.15) is 42.0 Å². The van der Waals surface area contributed by atoms with Crippen LogP contribution in [0.4, 0.5) is 4.79 Å². The number of carbonyl (C=O) groups excluding carboxylic acids is 1. The van der Waals surface area contributed by atoms with Crippen LogP contribution in [0.5, 0.6) is 0 Å². The van der Waals surface area contributed by atoms with Gasteiger partial charge >= 0.3 is 6.03 Å². The first-order valence-electron chi connectivity index (χ1n) is 17.1. The van der Waals surface area contributed by atoms with E-state index in [1.165, 1.54) is 0 Å². The number of unbranched alkanes of at least 4 members (excludes halogenated alkanes) is 1. The molecule has 10 nitrogen and oxygen atoms in total. The molecule has 0 radical (unpaired) electrons. The zero-order valence-electron chi connectivity index (χ0n) is 29.1. The van der Waals surface area contributed by atoms with Gasteiger partial charge in [0.2, 0.25) is 0 Å². The van der Waals surface area contributed by atoms with Crippen molar-refractivity contribution in [2.75, 3.05) is 60.8 Å². The fourth-order valence-corrected chi connectivity index (χ4v) is 6.18. The van der Waals surface area contributed by atoms with Crippen molar-refractivity contribution < 1.29 is 33.2 Å². The summed E-state index contributed by atoms with van der Waals surface area (Å²) in [5, 5.41) is 9.68. The zero-order valence-corrected chi connectivity index (χ0v) is 29.1. The first kappa shape index (κ1) is 38.0. The van der Waals surface area contributed by atoms with E-state index in [0.29, 0.717) is 51.4 Å². The number of amides is 2. The molecule has 1 aliphatic rings. The highest BCUT2D eigenvalue weighted by molar-refractivity contribution is 5.76. The Labute approximate surface area is 291 Å². The Morgan fingerprint density at radius 3 is 1.73 bits per heavy atom. The Morgan fingerprint density at radius 1 is 0.694 bits per heavy atom. The largest absolute Gasteiger partial charge is 0.382 e. The van der Waals surface area contributed by atoms with Crippen LogP contribution >= 0.6 is 0 Å². The molecule has 49 heavy (non-hydrogen) atoms.